The summed E-state index contributed by atoms with van der Waals surface area (Å²) in [6.07, 6.45) is 1.72. The van der Waals surface area contributed by atoms with Gasteiger partial charge in [-0.05, 0) is 18.2 Å². The van der Waals surface area contributed by atoms with Crippen LogP contribution in [0.3, 0.4) is 0 Å². The molecule has 1 N–H and O–H groups in total. The second kappa shape index (κ2) is 3.49. The molecule has 2 rings (SSSR count). The van der Waals surface area contributed by atoms with Crippen LogP contribution in [-0.2, 0) is 16.1 Å². The summed E-state index contributed by atoms with van der Waals surface area (Å²) in [5.74, 6) is -0.343. The Labute approximate surface area is 79.5 Å². The van der Waals surface area contributed by atoms with Gasteiger partial charge in [-0.3, -0.25) is 4.79 Å². The molecule has 14 heavy (non-hydrogen) atoms. The van der Waals surface area contributed by atoms with E-state index in [9.17, 15) is 9.18 Å². The maximum absolute atomic E-state index is 13.0. The second-order valence-electron chi connectivity index (χ2n) is 2.91. The summed E-state index contributed by atoms with van der Waals surface area (Å²) >= 11 is 0. The molecular formula is C10H8FNO2. The molecule has 0 fully saturated rings. The zero-order valence-corrected chi connectivity index (χ0v) is 7.29. The number of carbonyl (C=O) groups is 1. The minimum absolute atomic E-state index is 0.0929. The van der Waals surface area contributed by atoms with E-state index in [0.29, 0.717) is 17.6 Å². The summed E-state index contributed by atoms with van der Waals surface area (Å²) in [5.41, 5.74) is 1.36. The molecule has 0 saturated heterocycles. The lowest BCUT2D eigenvalue weighted by atomic mass is 10.1. The summed E-state index contributed by atoms with van der Waals surface area (Å²) in [5, 5.41) is 0.869. The van der Waals surface area contributed by atoms with Crippen molar-refractivity contribution in [1.29, 1.82) is 0 Å². The van der Waals surface area contributed by atoms with Gasteiger partial charge in [0.15, 0.2) is 0 Å². The molecule has 0 saturated carbocycles. The molecule has 0 aliphatic rings. The predicted octanol–water partition coefficient (Wildman–Crippen LogP) is 1.98. The fraction of sp³-hybridized carbons (Fsp3) is 0.100. The van der Waals surface area contributed by atoms with Gasteiger partial charge in [0.1, 0.15) is 12.4 Å². The number of halogens is 1. The molecule has 1 aromatic heterocycles. The summed E-state index contributed by atoms with van der Waals surface area (Å²) in [6, 6.07) is 4.58. The number of aromatic nitrogens is 1. The number of carbonyl (C=O) groups excluding carboxylic acids is 1. The van der Waals surface area contributed by atoms with Gasteiger partial charge in [0.25, 0.3) is 6.47 Å². The van der Waals surface area contributed by atoms with Crippen molar-refractivity contribution in [3.05, 3.63) is 35.8 Å². The highest BCUT2D eigenvalue weighted by Crippen LogP contribution is 2.19. The van der Waals surface area contributed by atoms with Gasteiger partial charge in [-0.2, -0.15) is 0 Å². The second-order valence-corrected chi connectivity index (χ2v) is 2.91. The van der Waals surface area contributed by atoms with Crippen LogP contribution in [0.4, 0.5) is 4.39 Å². The molecule has 0 radical (unpaired) electrons. The Morgan fingerprint density at radius 1 is 1.50 bits per heavy atom. The van der Waals surface area contributed by atoms with E-state index < -0.39 is 0 Å². The molecule has 1 aromatic carbocycles. The molecule has 0 spiro atoms. The quantitative estimate of drug-likeness (QED) is 0.757. The first-order chi connectivity index (χ1) is 6.81. The van der Waals surface area contributed by atoms with Gasteiger partial charge in [-0.1, -0.05) is 0 Å². The van der Waals surface area contributed by atoms with Crippen molar-refractivity contribution in [2.45, 2.75) is 6.61 Å². The standard InChI is InChI=1S/C10H8FNO2/c11-8-3-7(5-14-6-13)9-1-2-12-10(9)4-8/h1-4,6,12H,5H2. The maximum Gasteiger partial charge on any atom is 0.293 e. The Hall–Kier alpha value is -1.84. The number of hydrogen-bond acceptors (Lipinski definition) is 2. The maximum atomic E-state index is 13.0. The van der Waals surface area contributed by atoms with E-state index in [1.807, 2.05) is 6.07 Å². The number of H-pyrrole nitrogens is 1. The molecular weight excluding hydrogens is 185 g/mol. The van der Waals surface area contributed by atoms with Gasteiger partial charge in [-0.15, -0.1) is 0 Å². The molecule has 4 heteroatoms. The van der Waals surface area contributed by atoms with Crippen LogP contribution in [0.5, 0.6) is 0 Å². The number of ether oxygens (including phenoxy) is 1. The van der Waals surface area contributed by atoms with Crippen molar-refractivity contribution in [2.24, 2.45) is 0 Å². The Kier molecular flexibility index (Phi) is 2.18. The minimum atomic E-state index is -0.343. The topological polar surface area (TPSA) is 42.1 Å². The SMILES string of the molecule is O=COCc1cc(F)cc2[nH]ccc12. The van der Waals surface area contributed by atoms with Gasteiger partial charge in [0.05, 0.1) is 0 Å². The fourth-order valence-electron chi connectivity index (χ4n) is 1.45. The first kappa shape index (κ1) is 8.74. The molecule has 0 amide bonds. The number of fused-ring (bicyclic) bond motifs is 1. The molecule has 3 nitrogen and oxygen atoms in total. The number of benzene rings is 1. The monoisotopic (exact) mass is 193 g/mol. The van der Waals surface area contributed by atoms with Crippen molar-refractivity contribution < 1.29 is 13.9 Å². The molecule has 0 unspecified atom stereocenters. The van der Waals surface area contributed by atoms with Crippen LogP contribution >= 0.6 is 0 Å². The average molecular weight is 193 g/mol. The van der Waals surface area contributed by atoms with Crippen LogP contribution in [0.15, 0.2) is 24.4 Å². The third-order valence-electron chi connectivity index (χ3n) is 2.03. The minimum Gasteiger partial charge on any atom is -0.463 e. The van der Waals surface area contributed by atoms with Gasteiger partial charge >= 0.3 is 0 Å². The average Bonchev–Trinajstić information content (AvgIpc) is 2.61. The molecule has 2 aromatic rings. The Balaban J connectivity index is 2.49. The van der Waals surface area contributed by atoms with Crippen molar-refractivity contribution >= 4 is 17.4 Å². The van der Waals surface area contributed by atoms with Crippen molar-refractivity contribution in [3.8, 4) is 0 Å². The van der Waals surface area contributed by atoms with E-state index in [1.165, 1.54) is 12.1 Å². The highest BCUT2D eigenvalue weighted by Gasteiger charge is 2.04. The first-order valence-corrected chi connectivity index (χ1v) is 4.12. The fourth-order valence-corrected chi connectivity index (χ4v) is 1.45. The largest absolute Gasteiger partial charge is 0.463 e. The summed E-state index contributed by atoms with van der Waals surface area (Å²) < 4.78 is 17.6. The lowest BCUT2D eigenvalue weighted by Gasteiger charge is -2.01. The van der Waals surface area contributed by atoms with Crippen LogP contribution in [0, 0.1) is 5.82 Å². The summed E-state index contributed by atoms with van der Waals surface area (Å²) in [7, 11) is 0. The number of rotatable bonds is 3. The molecule has 0 atom stereocenters. The van der Waals surface area contributed by atoms with Gasteiger partial charge in [0.2, 0.25) is 0 Å². The molecule has 0 bridgehead atoms. The Bertz CT molecular complexity index is 464. The lowest BCUT2D eigenvalue weighted by Crippen LogP contribution is -1.92. The van der Waals surface area contributed by atoms with Crippen LogP contribution in [0.1, 0.15) is 5.56 Å². The zero-order chi connectivity index (χ0) is 9.97. The normalized spacial score (nSPS) is 10.4. The highest BCUT2D eigenvalue weighted by atomic mass is 19.1. The molecule has 0 aliphatic carbocycles. The van der Waals surface area contributed by atoms with E-state index in [4.69, 9.17) is 0 Å². The summed E-state index contributed by atoms with van der Waals surface area (Å²) in [6.45, 7) is 0.443. The van der Waals surface area contributed by atoms with Crippen LogP contribution < -0.4 is 0 Å². The summed E-state index contributed by atoms with van der Waals surface area (Å²) in [4.78, 5) is 12.9. The van der Waals surface area contributed by atoms with E-state index in [-0.39, 0.29) is 12.4 Å². The van der Waals surface area contributed by atoms with Gasteiger partial charge in [0, 0.05) is 22.7 Å². The van der Waals surface area contributed by atoms with Crippen molar-refractivity contribution in [3.63, 3.8) is 0 Å². The molecule has 1 heterocycles. The Morgan fingerprint density at radius 2 is 2.36 bits per heavy atom. The van der Waals surface area contributed by atoms with E-state index in [2.05, 4.69) is 9.72 Å². The third-order valence-corrected chi connectivity index (χ3v) is 2.03. The molecule has 72 valence electrons. The van der Waals surface area contributed by atoms with Crippen LogP contribution in [0.2, 0.25) is 0 Å². The smallest absolute Gasteiger partial charge is 0.293 e. The number of hydrogen-bond donors (Lipinski definition) is 1. The number of nitrogens with one attached hydrogen (secondary N) is 1. The first-order valence-electron chi connectivity index (χ1n) is 4.12. The lowest BCUT2D eigenvalue weighted by molar-refractivity contribution is -0.129. The Morgan fingerprint density at radius 3 is 3.14 bits per heavy atom. The van der Waals surface area contributed by atoms with Gasteiger partial charge in [-0.25, -0.2) is 4.39 Å². The van der Waals surface area contributed by atoms with Crippen LogP contribution in [-0.4, -0.2) is 11.5 Å². The zero-order valence-electron chi connectivity index (χ0n) is 7.29. The van der Waals surface area contributed by atoms with Gasteiger partial charge < -0.3 is 9.72 Å². The van der Waals surface area contributed by atoms with Crippen LogP contribution in [0.25, 0.3) is 10.9 Å². The third kappa shape index (κ3) is 1.46. The predicted molar refractivity (Wildman–Crippen MR) is 49.1 cm³/mol. The van der Waals surface area contributed by atoms with E-state index >= 15 is 0 Å². The highest BCUT2D eigenvalue weighted by molar-refractivity contribution is 5.82. The van der Waals surface area contributed by atoms with Crippen molar-refractivity contribution in [2.75, 3.05) is 0 Å². The van der Waals surface area contributed by atoms with Crippen molar-refractivity contribution in [1.82, 2.24) is 4.98 Å². The van der Waals surface area contributed by atoms with E-state index in [0.717, 1.165) is 5.39 Å². The van der Waals surface area contributed by atoms with E-state index in [1.54, 1.807) is 6.20 Å². The number of aromatic amines is 1. The molecule has 0 aliphatic heterocycles.